The summed E-state index contributed by atoms with van der Waals surface area (Å²) in [7, 11) is 0. The van der Waals surface area contributed by atoms with E-state index in [1.54, 1.807) is 0 Å². The number of nitrogens with zero attached hydrogens (tertiary/aromatic N) is 3. The van der Waals surface area contributed by atoms with E-state index in [1.165, 1.54) is 22.0 Å². The van der Waals surface area contributed by atoms with Crippen LogP contribution in [-0.2, 0) is 16.1 Å². The molecule has 8 heteroatoms. The van der Waals surface area contributed by atoms with Crippen molar-refractivity contribution in [3.8, 4) is 5.75 Å². The Labute approximate surface area is 158 Å². The third-order valence-corrected chi connectivity index (χ3v) is 4.31. The minimum absolute atomic E-state index is 0.115. The second kappa shape index (κ2) is 8.44. The number of carbonyl (C=O) groups excluding carboxylic acids is 1. The van der Waals surface area contributed by atoms with Gasteiger partial charge in [0, 0.05) is 0 Å². The van der Waals surface area contributed by atoms with Crippen molar-refractivity contribution in [2.24, 2.45) is 0 Å². The fraction of sp³-hybridized carbons (Fsp3) is 0.500. The van der Waals surface area contributed by atoms with Crippen molar-refractivity contribution in [3.63, 3.8) is 0 Å². The molecule has 26 heavy (non-hydrogen) atoms. The predicted molar refractivity (Wildman–Crippen MR) is 102 cm³/mol. The molecule has 0 aliphatic heterocycles. The summed E-state index contributed by atoms with van der Waals surface area (Å²) in [4.78, 5) is 11.8. The summed E-state index contributed by atoms with van der Waals surface area (Å²) < 4.78 is 12.3. The van der Waals surface area contributed by atoms with Crippen molar-refractivity contribution in [2.45, 2.75) is 57.9 Å². The lowest BCUT2D eigenvalue weighted by atomic mass is 10.0. The zero-order chi connectivity index (χ0) is 19.3. The van der Waals surface area contributed by atoms with Gasteiger partial charge in [-0.05, 0) is 44.4 Å². The SMILES string of the molecule is CC(C)c1ccc(OCc2nnc(SCC(=O)OC(C)(C)C)n2N)cc1. The van der Waals surface area contributed by atoms with Crippen molar-refractivity contribution in [3.05, 3.63) is 35.7 Å². The molecule has 0 fully saturated rings. The van der Waals surface area contributed by atoms with E-state index in [1.807, 2.05) is 45.0 Å². The molecule has 2 N–H and O–H groups in total. The summed E-state index contributed by atoms with van der Waals surface area (Å²) in [5.74, 6) is 7.46. The second-order valence-corrected chi connectivity index (χ2v) is 8.10. The average Bonchev–Trinajstić information content (AvgIpc) is 2.90. The van der Waals surface area contributed by atoms with Gasteiger partial charge in [-0.3, -0.25) is 4.79 Å². The highest BCUT2D eigenvalue weighted by atomic mass is 32.2. The van der Waals surface area contributed by atoms with Gasteiger partial charge in [-0.2, -0.15) is 0 Å². The maximum Gasteiger partial charge on any atom is 0.316 e. The number of nitrogens with two attached hydrogens (primary N) is 1. The fourth-order valence-electron chi connectivity index (χ4n) is 2.10. The number of esters is 1. The molecule has 1 heterocycles. The Kier molecular flexibility index (Phi) is 6.52. The minimum atomic E-state index is -0.516. The fourth-order valence-corrected chi connectivity index (χ4v) is 2.74. The van der Waals surface area contributed by atoms with Crippen molar-refractivity contribution >= 4 is 17.7 Å². The van der Waals surface area contributed by atoms with Crippen LogP contribution in [0.25, 0.3) is 0 Å². The van der Waals surface area contributed by atoms with Crippen LogP contribution < -0.4 is 10.6 Å². The molecule has 0 aliphatic rings. The van der Waals surface area contributed by atoms with Crippen LogP contribution in [0.5, 0.6) is 5.75 Å². The first-order valence-electron chi connectivity index (χ1n) is 8.42. The van der Waals surface area contributed by atoms with Gasteiger partial charge in [-0.15, -0.1) is 10.2 Å². The van der Waals surface area contributed by atoms with Crippen molar-refractivity contribution in [1.82, 2.24) is 14.9 Å². The maximum atomic E-state index is 11.8. The molecule has 0 amide bonds. The third-order valence-electron chi connectivity index (χ3n) is 3.39. The Morgan fingerprint density at radius 1 is 1.23 bits per heavy atom. The van der Waals surface area contributed by atoms with Gasteiger partial charge in [0.05, 0.1) is 5.75 Å². The predicted octanol–water partition coefficient (Wildman–Crippen LogP) is 3.13. The first-order valence-corrected chi connectivity index (χ1v) is 9.41. The topological polar surface area (TPSA) is 92.3 Å². The molecule has 1 aromatic heterocycles. The van der Waals surface area contributed by atoms with Crippen LogP contribution >= 0.6 is 11.8 Å². The van der Waals surface area contributed by atoms with Crippen LogP contribution in [0.1, 0.15) is 51.9 Å². The zero-order valence-corrected chi connectivity index (χ0v) is 16.7. The third kappa shape index (κ3) is 5.94. The molecule has 142 valence electrons. The second-order valence-electron chi connectivity index (χ2n) is 7.16. The van der Waals surface area contributed by atoms with E-state index >= 15 is 0 Å². The number of thioether (sulfide) groups is 1. The lowest BCUT2D eigenvalue weighted by Gasteiger charge is -2.19. The van der Waals surface area contributed by atoms with Crippen LogP contribution in [0.3, 0.4) is 0 Å². The molecule has 0 spiro atoms. The monoisotopic (exact) mass is 378 g/mol. The average molecular weight is 378 g/mol. The Morgan fingerprint density at radius 3 is 2.46 bits per heavy atom. The van der Waals surface area contributed by atoms with Gasteiger partial charge in [0.25, 0.3) is 0 Å². The summed E-state index contributed by atoms with van der Waals surface area (Å²) in [6.07, 6.45) is 0. The van der Waals surface area contributed by atoms with Crippen molar-refractivity contribution in [2.75, 3.05) is 11.6 Å². The summed E-state index contributed by atoms with van der Waals surface area (Å²) >= 11 is 1.18. The number of hydrogen-bond donors (Lipinski definition) is 1. The Balaban J connectivity index is 1.89. The van der Waals surface area contributed by atoms with Crippen molar-refractivity contribution < 1.29 is 14.3 Å². The van der Waals surface area contributed by atoms with E-state index in [4.69, 9.17) is 15.3 Å². The minimum Gasteiger partial charge on any atom is -0.486 e. The maximum absolute atomic E-state index is 11.8. The van der Waals surface area contributed by atoms with Gasteiger partial charge in [0.1, 0.15) is 18.0 Å². The number of hydrogen-bond acceptors (Lipinski definition) is 7. The summed E-state index contributed by atoms with van der Waals surface area (Å²) in [5.41, 5.74) is 0.734. The number of rotatable bonds is 7. The van der Waals surface area contributed by atoms with Gasteiger partial charge in [0.2, 0.25) is 5.16 Å². The molecule has 0 atom stereocenters. The van der Waals surface area contributed by atoms with Gasteiger partial charge < -0.3 is 15.3 Å². The van der Waals surface area contributed by atoms with Crippen LogP contribution in [0.4, 0.5) is 0 Å². The largest absolute Gasteiger partial charge is 0.486 e. The summed E-state index contributed by atoms with van der Waals surface area (Å²) in [6, 6.07) is 7.92. The van der Waals surface area contributed by atoms with E-state index in [-0.39, 0.29) is 18.3 Å². The van der Waals surface area contributed by atoms with Gasteiger partial charge >= 0.3 is 5.97 Å². The lowest BCUT2D eigenvalue weighted by Crippen LogP contribution is -2.25. The molecule has 7 nitrogen and oxygen atoms in total. The number of nitrogen functional groups attached to an aromatic ring is 1. The van der Waals surface area contributed by atoms with Gasteiger partial charge in [-0.25, -0.2) is 4.68 Å². The first kappa shape index (κ1) is 20.1. The summed E-state index contributed by atoms with van der Waals surface area (Å²) in [5, 5.41) is 8.45. The van der Waals surface area contributed by atoms with Crippen LogP contribution in [-0.4, -0.2) is 32.2 Å². The first-order chi connectivity index (χ1) is 12.2. The lowest BCUT2D eigenvalue weighted by molar-refractivity contribution is -0.151. The molecule has 0 unspecified atom stereocenters. The van der Waals surface area contributed by atoms with Crippen LogP contribution in [0.15, 0.2) is 29.4 Å². The smallest absolute Gasteiger partial charge is 0.316 e. The van der Waals surface area contributed by atoms with Gasteiger partial charge in [-0.1, -0.05) is 37.7 Å². The van der Waals surface area contributed by atoms with E-state index in [9.17, 15) is 4.79 Å². The van der Waals surface area contributed by atoms with E-state index in [0.717, 1.165) is 5.75 Å². The van der Waals surface area contributed by atoms with E-state index in [2.05, 4.69) is 24.0 Å². The van der Waals surface area contributed by atoms with Crippen LogP contribution in [0.2, 0.25) is 0 Å². The zero-order valence-electron chi connectivity index (χ0n) is 15.9. The Bertz CT molecular complexity index is 736. The number of carbonyl (C=O) groups is 1. The molecule has 0 saturated carbocycles. The molecule has 0 aliphatic carbocycles. The number of benzene rings is 1. The number of ether oxygens (including phenoxy) is 2. The number of aromatic nitrogens is 3. The Hall–Kier alpha value is -2.22. The van der Waals surface area contributed by atoms with Crippen LogP contribution in [0, 0.1) is 0 Å². The molecule has 2 aromatic rings. The summed E-state index contributed by atoms with van der Waals surface area (Å²) in [6.45, 7) is 9.95. The Morgan fingerprint density at radius 2 is 1.88 bits per heavy atom. The van der Waals surface area contributed by atoms with Gasteiger partial charge in [0.15, 0.2) is 5.82 Å². The van der Waals surface area contributed by atoms with E-state index in [0.29, 0.717) is 16.9 Å². The van der Waals surface area contributed by atoms with E-state index < -0.39 is 5.60 Å². The standard InChI is InChI=1S/C18H26N4O3S/c1-12(2)13-6-8-14(9-7-13)24-10-15-20-21-17(22(15)19)26-11-16(23)25-18(3,4)5/h6-9,12H,10-11,19H2,1-5H3. The molecular formula is C18H26N4O3S. The quantitative estimate of drug-likeness (QED) is 0.449. The molecule has 0 saturated heterocycles. The molecule has 0 bridgehead atoms. The highest BCUT2D eigenvalue weighted by Gasteiger charge is 2.18. The molecule has 1 aromatic carbocycles. The molecular weight excluding hydrogens is 352 g/mol. The molecule has 0 radical (unpaired) electrons. The van der Waals surface area contributed by atoms with Crippen molar-refractivity contribution in [1.29, 1.82) is 0 Å². The molecule has 2 rings (SSSR count). The normalized spacial score (nSPS) is 11.6. The highest BCUT2D eigenvalue weighted by molar-refractivity contribution is 7.99. The highest BCUT2D eigenvalue weighted by Crippen LogP contribution is 2.20.